The zero-order valence-corrected chi connectivity index (χ0v) is 10.5. The van der Waals surface area contributed by atoms with Crippen LogP contribution >= 0.6 is 0 Å². The van der Waals surface area contributed by atoms with Crippen molar-refractivity contribution in [3.63, 3.8) is 0 Å². The first-order valence-corrected chi connectivity index (χ1v) is 5.58. The zero-order chi connectivity index (χ0) is 10.9. The van der Waals surface area contributed by atoms with Gasteiger partial charge < -0.3 is 0 Å². The Labute approximate surface area is 85.4 Å². The lowest BCUT2D eigenvalue weighted by molar-refractivity contribution is 0.490. The molecular formula is C13H28. The minimum absolute atomic E-state index is 0.314. The van der Waals surface area contributed by atoms with Crippen LogP contribution in [0.3, 0.4) is 0 Å². The van der Waals surface area contributed by atoms with Crippen LogP contribution in [0.4, 0.5) is 0 Å². The summed E-state index contributed by atoms with van der Waals surface area (Å²) in [6, 6.07) is 0. The number of hydrogen-bond acceptors (Lipinski definition) is 0. The van der Waals surface area contributed by atoms with Crippen molar-refractivity contribution in [2.45, 2.75) is 67.2 Å². The van der Waals surface area contributed by atoms with E-state index in [1.807, 2.05) is 0 Å². The van der Waals surface area contributed by atoms with Crippen LogP contribution in [-0.2, 0) is 0 Å². The van der Waals surface area contributed by atoms with Gasteiger partial charge in [-0.15, -0.1) is 0 Å². The monoisotopic (exact) mass is 184 g/mol. The van der Waals surface area contributed by atoms with Gasteiger partial charge in [-0.3, -0.25) is 0 Å². The SMILES string of the molecule is C=C(CC)C(C)(C)C.CCCCC. The molecule has 0 nitrogen and oxygen atoms in total. The molecule has 0 aliphatic heterocycles. The Morgan fingerprint density at radius 2 is 1.38 bits per heavy atom. The highest BCUT2D eigenvalue weighted by atomic mass is 14.2. The Bertz CT molecular complexity index is 112. The molecule has 0 aromatic heterocycles. The van der Waals surface area contributed by atoms with E-state index in [0.29, 0.717) is 5.41 Å². The number of hydrogen-bond donors (Lipinski definition) is 0. The Morgan fingerprint density at radius 1 is 1.00 bits per heavy atom. The molecule has 0 heteroatoms. The molecule has 0 aliphatic carbocycles. The molecular weight excluding hydrogens is 156 g/mol. The third-order valence-corrected chi connectivity index (χ3v) is 2.19. The smallest absolute Gasteiger partial charge is 0.0176 e. The molecule has 0 N–H and O–H groups in total. The summed E-state index contributed by atoms with van der Waals surface area (Å²) in [5.41, 5.74) is 1.65. The van der Waals surface area contributed by atoms with Crippen LogP contribution < -0.4 is 0 Å². The maximum Gasteiger partial charge on any atom is -0.0176 e. The second-order valence-electron chi connectivity index (χ2n) is 4.56. The van der Waals surface area contributed by atoms with E-state index in [9.17, 15) is 0 Å². The predicted molar refractivity (Wildman–Crippen MR) is 64.1 cm³/mol. The lowest BCUT2D eigenvalue weighted by Crippen LogP contribution is -2.06. The average Bonchev–Trinajstić information content (AvgIpc) is 2.04. The molecule has 0 radical (unpaired) electrons. The molecule has 0 amide bonds. The first-order chi connectivity index (χ1) is 5.90. The number of allylic oxidation sites excluding steroid dienone is 1. The van der Waals surface area contributed by atoms with Gasteiger partial charge in [-0.25, -0.2) is 0 Å². The highest BCUT2D eigenvalue weighted by molar-refractivity contribution is 5.03. The van der Waals surface area contributed by atoms with Crippen molar-refractivity contribution in [2.75, 3.05) is 0 Å². The van der Waals surface area contributed by atoms with Crippen LogP contribution in [-0.4, -0.2) is 0 Å². The maximum absolute atomic E-state index is 3.94. The van der Waals surface area contributed by atoms with Crippen LogP contribution in [0.5, 0.6) is 0 Å². The van der Waals surface area contributed by atoms with Gasteiger partial charge in [-0.2, -0.15) is 0 Å². The molecule has 0 saturated heterocycles. The molecule has 0 bridgehead atoms. The van der Waals surface area contributed by atoms with Gasteiger partial charge in [-0.05, 0) is 11.8 Å². The van der Waals surface area contributed by atoms with Crippen molar-refractivity contribution in [3.05, 3.63) is 12.2 Å². The van der Waals surface area contributed by atoms with E-state index in [1.54, 1.807) is 0 Å². The van der Waals surface area contributed by atoms with Crippen molar-refractivity contribution in [2.24, 2.45) is 5.41 Å². The average molecular weight is 184 g/mol. The fourth-order valence-electron chi connectivity index (χ4n) is 0.884. The fourth-order valence-corrected chi connectivity index (χ4v) is 0.884. The van der Waals surface area contributed by atoms with Crippen LogP contribution in [0.15, 0.2) is 12.2 Å². The van der Waals surface area contributed by atoms with Gasteiger partial charge in [0.15, 0.2) is 0 Å². The third-order valence-electron chi connectivity index (χ3n) is 2.19. The first-order valence-electron chi connectivity index (χ1n) is 5.58. The largest absolute Gasteiger partial charge is 0.0993 e. The second kappa shape index (κ2) is 8.34. The Kier molecular flexibility index (Phi) is 9.77. The van der Waals surface area contributed by atoms with Crippen molar-refractivity contribution < 1.29 is 0 Å². The van der Waals surface area contributed by atoms with Gasteiger partial charge in [0.05, 0.1) is 0 Å². The molecule has 0 rings (SSSR count). The molecule has 0 aromatic rings. The summed E-state index contributed by atoms with van der Waals surface area (Å²) in [4.78, 5) is 0. The van der Waals surface area contributed by atoms with Crippen molar-refractivity contribution >= 4 is 0 Å². The van der Waals surface area contributed by atoms with E-state index >= 15 is 0 Å². The molecule has 0 heterocycles. The van der Waals surface area contributed by atoms with Gasteiger partial charge in [-0.1, -0.05) is 73.0 Å². The van der Waals surface area contributed by atoms with E-state index in [2.05, 4.69) is 48.1 Å². The summed E-state index contributed by atoms with van der Waals surface area (Å²) in [6.45, 7) is 17.1. The van der Waals surface area contributed by atoms with Crippen LogP contribution in [0, 0.1) is 5.41 Å². The quantitative estimate of drug-likeness (QED) is 0.529. The molecule has 0 saturated carbocycles. The molecule has 0 aliphatic rings. The van der Waals surface area contributed by atoms with E-state index in [1.165, 1.54) is 24.8 Å². The summed E-state index contributed by atoms with van der Waals surface area (Å²) in [6.07, 6.45) is 5.18. The summed E-state index contributed by atoms with van der Waals surface area (Å²) < 4.78 is 0. The number of rotatable bonds is 3. The zero-order valence-electron chi connectivity index (χ0n) is 10.5. The van der Waals surface area contributed by atoms with E-state index < -0.39 is 0 Å². The molecule has 0 spiro atoms. The van der Waals surface area contributed by atoms with Gasteiger partial charge >= 0.3 is 0 Å². The highest BCUT2D eigenvalue weighted by Gasteiger charge is 2.11. The fraction of sp³-hybridized carbons (Fsp3) is 0.846. The summed E-state index contributed by atoms with van der Waals surface area (Å²) in [5.74, 6) is 0. The first kappa shape index (κ1) is 15.2. The summed E-state index contributed by atoms with van der Waals surface area (Å²) in [5, 5.41) is 0. The highest BCUT2D eigenvalue weighted by Crippen LogP contribution is 2.25. The van der Waals surface area contributed by atoms with Gasteiger partial charge in [0.25, 0.3) is 0 Å². The maximum atomic E-state index is 3.94. The summed E-state index contributed by atoms with van der Waals surface area (Å²) in [7, 11) is 0. The van der Waals surface area contributed by atoms with Crippen molar-refractivity contribution in [1.82, 2.24) is 0 Å². The van der Waals surface area contributed by atoms with Gasteiger partial charge in [0.1, 0.15) is 0 Å². The predicted octanol–water partition coefficient (Wildman–Crippen LogP) is 5.20. The normalized spacial score (nSPS) is 10.3. The minimum atomic E-state index is 0.314. The molecule has 13 heavy (non-hydrogen) atoms. The molecule has 0 aromatic carbocycles. The Hall–Kier alpha value is -0.260. The van der Waals surface area contributed by atoms with E-state index in [4.69, 9.17) is 0 Å². The lowest BCUT2D eigenvalue weighted by atomic mass is 9.86. The van der Waals surface area contributed by atoms with Crippen LogP contribution in [0.25, 0.3) is 0 Å². The van der Waals surface area contributed by atoms with Crippen molar-refractivity contribution in [3.8, 4) is 0 Å². The van der Waals surface area contributed by atoms with Gasteiger partial charge in [0, 0.05) is 0 Å². The molecule has 0 atom stereocenters. The molecule has 80 valence electrons. The van der Waals surface area contributed by atoms with Crippen LogP contribution in [0.2, 0.25) is 0 Å². The van der Waals surface area contributed by atoms with Crippen LogP contribution in [0.1, 0.15) is 67.2 Å². The molecule has 0 fully saturated rings. The Balaban J connectivity index is 0. The minimum Gasteiger partial charge on any atom is -0.0993 e. The Morgan fingerprint density at radius 3 is 1.38 bits per heavy atom. The van der Waals surface area contributed by atoms with Gasteiger partial charge in [0.2, 0.25) is 0 Å². The third kappa shape index (κ3) is 11.7. The topological polar surface area (TPSA) is 0 Å². The van der Waals surface area contributed by atoms with Crippen molar-refractivity contribution in [1.29, 1.82) is 0 Å². The van der Waals surface area contributed by atoms with E-state index in [-0.39, 0.29) is 0 Å². The summed E-state index contributed by atoms with van der Waals surface area (Å²) >= 11 is 0. The number of unbranched alkanes of at least 4 members (excludes halogenated alkanes) is 2. The standard InChI is InChI=1S/C8H16.C5H12/c1-6-7(2)8(3,4)5;1-3-5-4-2/h2,6H2,1,3-5H3;3-5H2,1-2H3. The molecule has 0 unspecified atom stereocenters. The lowest BCUT2D eigenvalue weighted by Gasteiger charge is -2.19. The van der Waals surface area contributed by atoms with E-state index in [0.717, 1.165) is 6.42 Å². The second-order valence-corrected chi connectivity index (χ2v) is 4.56.